The molecule has 1 heterocycles. The maximum Gasteiger partial charge on any atom is 0.265 e. The Morgan fingerprint density at radius 2 is 1.75 bits per heavy atom. The molecule has 24 heavy (non-hydrogen) atoms. The third kappa shape index (κ3) is 2.89. The Bertz CT molecular complexity index is 1040. The fourth-order valence-corrected chi connectivity index (χ4v) is 5.38. The van der Waals surface area contributed by atoms with Gasteiger partial charge in [0, 0.05) is 6.54 Å². The van der Waals surface area contributed by atoms with Crippen LogP contribution in [-0.2, 0) is 26.5 Å². The second-order valence-electron chi connectivity index (χ2n) is 5.21. The first kappa shape index (κ1) is 17.5. The molecule has 0 unspecified atom stereocenters. The van der Waals surface area contributed by atoms with Crippen molar-refractivity contribution in [3.8, 4) is 0 Å². The molecule has 1 aliphatic rings. The van der Waals surface area contributed by atoms with Gasteiger partial charge in [-0.1, -0.05) is 29.3 Å². The highest BCUT2D eigenvalue weighted by Gasteiger charge is 2.33. The van der Waals surface area contributed by atoms with E-state index >= 15 is 0 Å². The number of fused-ring (bicyclic) bond motifs is 1. The topological polar surface area (TPSA) is 97.5 Å². The van der Waals surface area contributed by atoms with E-state index < -0.39 is 20.0 Å². The monoisotopic (exact) mass is 406 g/mol. The van der Waals surface area contributed by atoms with E-state index in [0.29, 0.717) is 17.7 Å². The molecule has 0 saturated carbocycles. The van der Waals surface area contributed by atoms with E-state index in [-0.39, 0.29) is 26.4 Å². The molecule has 0 radical (unpaired) electrons. The van der Waals surface area contributed by atoms with Gasteiger partial charge in [0.1, 0.15) is 4.90 Å². The molecule has 2 aromatic rings. The summed E-state index contributed by atoms with van der Waals surface area (Å²) in [5.74, 6) is 0. The summed E-state index contributed by atoms with van der Waals surface area (Å²) in [6, 6.07) is 8.47. The summed E-state index contributed by atoms with van der Waals surface area (Å²) in [6.07, 6.45) is 0.371. The zero-order chi connectivity index (χ0) is 17.7. The standard InChI is InChI=1S/C14H12Cl2N2O4S2/c15-11-2-1-3-13(14(11)16)24(21,22)18-7-6-9-8-10(23(17,19)20)4-5-12(9)18/h1-5,8H,6-7H2,(H2,17,19,20). The molecule has 1 aliphatic heterocycles. The Balaban J connectivity index is 2.10. The van der Waals surface area contributed by atoms with Gasteiger partial charge in [-0.2, -0.15) is 0 Å². The Hall–Kier alpha value is -1.32. The van der Waals surface area contributed by atoms with Gasteiger partial charge >= 0.3 is 0 Å². The molecule has 2 aromatic carbocycles. The number of nitrogens with zero attached hydrogens (tertiary/aromatic N) is 1. The van der Waals surface area contributed by atoms with Gasteiger partial charge in [-0.3, -0.25) is 4.31 Å². The first-order chi connectivity index (χ1) is 11.1. The maximum absolute atomic E-state index is 12.9. The molecule has 0 aliphatic carbocycles. The van der Waals surface area contributed by atoms with Crippen molar-refractivity contribution in [1.29, 1.82) is 0 Å². The number of benzene rings is 2. The first-order valence-corrected chi connectivity index (χ1v) is 10.5. The summed E-state index contributed by atoms with van der Waals surface area (Å²) < 4.78 is 49.8. The van der Waals surface area contributed by atoms with Crippen molar-refractivity contribution in [2.24, 2.45) is 5.14 Å². The van der Waals surface area contributed by atoms with Crippen LogP contribution in [0.3, 0.4) is 0 Å². The van der Waals surface area contributed by atoms with Gasteiger partial charge < -0.3 is 0 Å². The number of anilines is 1. The predicted octanol–water partition coefficient (Wildman–Crippen LogP) is 2.39. The van der Waals surface area contributed by atoms with Crippen LogP contribution < -0.4 is 9.44 Å². The third-order valence-corrected chi connectivity index (χ3v) is 7.41. The van der Waals surface area contributed by atoms with Gasteiger partial charge in [-0.25, -0.2) is 22.0 Å². The Labute approximate surface area is 149 Å². The number of primary sulfonamides is 1. The molecule has 128 valence electrons. The lowest BCUT2D eigenvalue weighted by Gasteiger charge is -2.20. The van der Waals surface area contributed by atoms with E-state index in [2.05, 4.69) is 0 Å². The second-order valence-corrected chi connectivity index (χ2v) is 9.39. The number of sulfonamides is 2. The second kappa shape index (κ2) is 5.89. The summed E-state index contributed by atoms with van der Waals surface area (Å²) in [4.78, 5) is -0.152. The lowest BCUT2D eigenvalue weighted by atomic mass is 10.2. The zero-order valence-electron chi connectivity index (χ0n) is 12.1. The molecule has 3 rings (SSSR count). The molecule has 0 aromatic heterocycles. The van der Waals surface area contributed by atoms with E-state index in [1.165, 1.54) is 40.7 Å². The fraction of sp³-hybridized carbons (Fsp3) is 0.143. The molecule has 0 saturated heterocycles. The Morgan fingerprint density at radius 3 is 2.42 bits per heavy atom. The lowest BCUT2D eigenvalue weighted by Crippen LogP contribution is -2.29. The molecule has 0 fully saturated rings. The summed E-state index contributed by atoms with van der Waals surface area (Å²) in [7, 11) is -7.77. The Kier molecular flexibility index (Phi) is 4.29. The van der Waals surface area contributed by atoms with Gasteiger partial charge in [0.05, 0.1) is 20.6 Å². The summed E-state index contributed by atoms with van der Waals surface area (Å²) in [6.45, 7) is 0.175. The highest BCUT2D eigenvalue weighted by atomic mass is 35.5. The van der Waals surface area contributed by atoms with Crippen molar-refractivity contribution in [2.45, 2.75) is 16.2 Å². The normalized spacial score (nSPS) is 14.7. The van der Waals surface area contributed by atoms with Gasteiger partial charge in [-0.05, 0) is 42.3 Å². The average Bonchev–Trinajstić information content (AvgIpc) is 2.92. The van der Waals surface area contributed by atoms with Crippen molar-refractivity contribution in [2.75, 3.05) is 10.8 Å². The lowest BCUT2D eigenvalue weighted by molar-refractivity contribution is 0.592. The molecule has 0 bridgehead atoms. The van der Waals surface area contributed by atoms with E-state index in [0.717, 1.165) is 0 Å². The van der Waals surface area contributed by atoms with Gasteiger partial charge in [0.25, 0.3) is 10.0 Å². The number of hydrogen-bond acceptors (Lipinski definition) is 4. The van der Waals surface area contributed by atoms with Crippen LogP contribution in [0.15, 0.2) is 46.2 Å². The molecule has 0 spiro atoms. The van der Waals surface area contributed by atoms with Crippen LogP contribution in [0.4, 0.5) is 5.69 Å². The van der Waals surface area contributed by atoms with E-state index in [9.17, 15) is 16.8 Å². The smallest absolute Gasteiger partial charge is 0.265 e. The number of rotatable bonds is 3. The van der Waals surface area contributed by atoms with Crippen LogP contribution in [0.1, 0.15) is 5.56 Å². The predicted molar refractivity (Wildman–Crippen MR) is 92.5 cm³/mol. The molecule has 6 nitrogen and oxygen atoms in total. The van der Waals surface area contributed by atoms with Crippen molar-refractivity contribution < 1.29 is 16.8 Å². The molecular weight excluding hydrogens is 395 g/mol. The minimum absolute atomic E-state index is 0.0474. The van der Waals surface area contributed by atoms with E-state index in [1.807, 2.05) is 0 Å². The highest BCUT2D eigenvalue weighted by molar-refractivity contribution is 7.93. The number of nitrogens with two attached hydrogens (primary N) is 1. The van der Waals surface area contributed by atoms with Gasteiger partial charge in [-0.15, -0.1) is 0 Å². The molecular formula is C14H12Cl2N2O4S2. The quantitative estimate of drug-likeness (QED) is 0.845. The minimum Gasteiger partial charge on any atom is -0.266 e. The largest absolute Gasteiger partial charge is 0.266 e. The van der Waals surface area contributed by atoms with Crippen molar-refractivity contribution in [1.82, 2.24) is 0 Å². The molecule has 2 N–H and O–H groups in total. The van der Waals surface area contributed by atoms with E-state index in [4.69, 9.17) is 28.3 Å². The van der Waals surface area contributed by atoms with Crippen LogP contribution >= 0.6 is 23.2 Å². The summed E-state index contributed by atoms with van der Waals surface area (Å²) >= 11 is 11.9. The van der Waals surface area contributed by atoms with Gasteiger partial charge in [0.2, 0.25) is 10.0 Å². The van der Waals surface area contributed by atoms with Crippen molar-refractivity contribution >= 4 is 48.9 Å². The SMILES string of the molecule is NS(=O)(=O)c1ccc2c(c1)CCN2S(=O)(=O)c1cccc(Cl)c1Cl. The van der Waals surface area contributed by atoms with Crippen LogP contribution in [-0.4, -0.2) is 23.4 Å². The van der Waals surface area contributed by atoms with Crippen LogP contribution in [0.5, 0.6) is 0 Å². The summed E-state index contributed by atoms with van der Waals surface area (Å²) in [5, 5.41) is 5.20. The number of halogens is 2. The highest BCUT2D eigenvalue weighted by Crippen LogP contribution is 2.37. The minimum atomic E-state index is -3.92. The van der Waals surface area contributed by atoms with E-state index in [1.54, 1.807) is 0 Å². The zero-order valence-corrected chi connectivity index (χ0v) is 15.3. The average molecular weight is 407 g/mol. The summed E-state index contributed by atoms with van der Waals surface area (Å²) in [5.41, 5.74) is 0.988. The van der Waals surface area contributed by atoms with Crippen LogP contribution in [0.25, 0.3) is 0 Å². The maximum atomic E-state index is 12.9. The number of hydrogen-bond donors (Lipinski definition) is 1. The third-order valence-electron chi connectivity index (χ3n) is 3.72. The van der Waals surface area contributed by atoms with Crippen molar-refractivity contribution in [3.63, 3.8) is 0 Å². The Morgan fingerprint density at radius 1 is 1.04 bits per heavy atom. The molecule has 0 atom stereocenters. The van der Waals surface area contributed by atoms with Crippen LogP contribution in [0, 0.1) is 0 Å². The van der Waals surface area contributed by atoms with Crippen molar-refractivity contribution in [3.05, 3.63) is 52.0 Å². The fourth-order valence-electron chi connectivity index (χ4n) is 2.58. The first-order valence-electron chi connectivity index (χ1n) is 6.75. The van der Waals surface area contributed by atoms with Gasteiger partial charge in [0.15, 0.2) is 0 Å². The molecule has 10 heteroatoms. The molecule has 0 amide bonds. The van der Waals surface area contributed by atoms with Crippen LogP contribution in [0.2, 0.25) is 10.0 Å².